The molecule has 1 aliphatic rings. The molecule has 0 radical (unpaired) electrons. The summed E-state index contributed by atoms with van der Waals surface area (Å²) >= 11 is 0. The number of amides is 1. The van der Waals surface area contributed by atoms with Crippen molar-refractivity contribution >= 4 is 32.4 Å². The first-order chi connectivity index (χ1) is 11.2. The highest BCUT2D eigenvalue weighted by Gasteiger charge is 2.46. The normalized spacial score (nSPS) is 16.1. The van der Waals surface area contributed by atoms with Crippen LogP contribution in [-0.2, 0) is 14.8 Å². The summed E-state index contributed by atoms with van der Waals surface area (Å²) < 4.78 is 40.2. The lowest BCUT2D eigenvalue weighted by molar-refractivity contribution is -0.114. The van der Waals surface area contributed by atoms with E-state index in [-0.39, 0.29) is 16.6 Å². The van der Waals surface area contributed by atoms with Gasteiger partial charge in [-0.3, -0.25) is 4.79 Å². The average molecular weight is 352 g/mol. The maximum Gasteiger partial charge on any atom is 0.241 e. The number of hydrogen-bond donors (Lipinski definition) is 3. The third-order valence-corrected chi connectivity index (χ3v) is 5.55. The molecule has 3 rings (SSSR count). The molecule has 128 valence electrons. The molecule has 1 fully saturated rings. The molecule has 0 unspecified atom stereocenters. The molecule has 0 bridgehead atoms. The minimum absolute atomic E-state index is 0.146. The van der Waals surface area contributed by atoms with Crippen LogP contribution in [0.1, 0.15) is 19.8 Å². The number of sulfonamides is 1. The predicted molar refractivity (Wildman–Crippen MR) is 88.2 cm³/mol. The smallest absolute Gasteiger partial charge is 0.241 e. The fourth-order valence-electron chi connectivity index (χ4n) is 2.52. The van der Waals surface area contributed by atoms with E-state index >= 15 is 0 Å². The van der Waals surface area contributed by atoms with Gasteiger partial charge >= 0.3 is 0 Å². The Morgan fingerprint density at radius 2 is 2.00 bits per heavy atom. The van der Waals surface area contributed by atoms with Gasteiger partial charge in [0, 0.05) is 24.1 Å². The molecule has 0 atom stereocenters. The number of rotatable bonds is 5. The van der Waals surface area contributed by atoms with Crippen LogP contribution in [0.3, 0.4) is 0 Å². The number of halogens is 1. The SMILES string of the molecule is CC(=O)Nc1ccc2c(O)cc(S(=O)(=O)NC3(CF)CC3)cc2c1. The zero-order valence-electron chi connectivity index (χ0n) is 13.0. The van der Waals surface area contributed by atoms with Crippen molar-refractivity contribution in [1.29, 1.82) is 0 Å². The second kappa shape index (κ2) is 5.71. The molecule has 24 heavy (non-hydrogen) atoms. The predicted octanol–water partition coefficient (Wildman–Crippen LogP) is 2.28. The average Bonchev–Trinajstić information content (AvgIpc) is 3.25. The summed E-state index contributed by atoms with van der Waals surface area (Å²) in [7, 11) is -3.95. The highest BCUT2D eigenvalue weighted by Crippen LogP contribution is 2.38. The number of hydrogen-bond acceptors (Lipinski definition) is 4. The Morgan fingerprint density at radius 1 is 1.29 bits per heavy atom. The van der Waals surface area contributed by atoms with Gasteiger partial charge in [0.05, 0.1) is 10.4 Å². The van der Waals surface area contributed by atoms with E-state index in [0.717, 1.165) is 6.07 Å². The maximum atomic E-state index is 13.0. The first kappa shape index (κ1) is 16.7. The maximum absolute atomic E-state index is 13.0. The zero-order valence-corrected chi connectivity index (χ0v) is 13.8. The van der Waals surface area contributed by atoms with Gasteiger partial charge in [-0.2, -0.15) is 0 Å². The van der Waals surface area contributed by atoms with E-state index in [1.54, 1.807) is 18.2 Å². The summed E-state index contributed by atoms with van der Waals surface area (Å²) in [4.78, 5) is 11.0. The number of anilines is 1. The summed E-state index contributed by atoms with van der Waals surface area (Å²) in [6.07, 6.45) is 0.907. The molecule has 1 aliphatic carbocycles. The van der Waals surface area contributed by atoms with Crippen LogP contribution in [0, 0.1) is 0 Å². The van der Waals surface area contributed by atoms with Crippen molar-refractivity contribution in [3.8, 4) is 5.75 Å². The van der Waals surface area contributed by atoms with E-state index in [1.807, 2.05) is 0 Å². The van der Waals surface area contributed by atoms with Gasteiger partial charge < -0.3 is 10.4 Å². The van der Waals surface area contributed by atoms with Gasteiger partial charge in [-0.25, -0.2) is 17.5 Å². The van der Waals surface area contributed by atoms with E-state index in [0.29, 0.717) is 29.3 Å². The quantitative estimate of drug-likeness (QED) is 0.769. The Morgan fingerprint density at radius 3 is 2.58 bits per heavy atom. The van der Waals surface area contributed by atoms with Crippen LogP contribution in [-0.4, -0.2) is 31.6 Å². The molecule has 3 N–H and O–H groups in total. The van der Waals surface area contributed by atoms with Crippen LogP contribution in [0.4, 0.5) is 10.1 Å². The number of phenols is 1. The molecular weight excluding hydrogens is 335 g/mol. The topological polar surface area (TPSA) is 95.5 Å². The van der Waals surface area contributed by atoms with Gasteiger partial charge in [-0.1, -0.05) is 0 Å². The van der Waals surface area contributed by atoms with Crippen LogP contribution in [0.15, 0.2) is 35.2 Å². The third-order valence-electron chi connectivity index (χ3n) is 4.00. The molecule has 2 aromatic rings. The molecule has 8 heteroatoms. The number of benzene rings is 2. The number of carbonyl (C=O) groups is 1. The molecule has 0 aromatic heterocycles. The first-order valence-electron chi connectivity index (χ1n) is 7.39. The van der Waals surface area contributed by atoms with Gasteiger partial charge in [0.15, 0.2) is 0 Å². The summed E-state index contributed by atoms with van der Waals surface area (Å²) in [6, 6.07) is 7.29. The van der Waals surface area contributed by atoms with E-state index in [2.05, 4.69) is 10.0 Å². The Kier molecular flexibility index (Phi) is 3.97. The van der Waals surface area contributed by atoms with Crippen LogP contribution >= 0.6 is 0 Å². The van der Waals surface area contributed by atoms with Crippen molar-refractivity contribution in [2.75, 3.05) is 12.0 Å². The largest absolute Gasteiger partial charge is 0.507 e. The molecule has 0 saturated heterocycles. The molecule has 2 aromatic carbocycles. The van der Waals surface area contributed by atoms with Crippen molar-refractivity contribution in [3.63, 3.8) is 0 Å². The number of fused-ring (bicyclic) bond motifs is 1. The molecule has 0 heterocycles. The molecule has 6 nitrogen and oxygen atoms in total. The van der Waals surface area contributed by atoms with Crippen molar-refractivity contribution < 1.29 is 22.7 Å². The highest BCUT2D eigenvalue weighted by atomic mass is 32.2. The van der Waals surface area contributed by atoms with Crippen LogP contribution in [0.5, 0.6) is 5.75 Å². The van der Waals surface area contributed by atoms with Gasteiger partial charge in [0.25, 0.3) is 0 Å². The van der Waals surface area contributed by atoms with Gasteiger partial charge in [0.2, 0.25) is 15.9 Å². The highest BCUT2D eigenvalue weighted by molar-refractivity contribution is 7.89. The molecular formula is C16H17FN2O4S. The van der Waals surface area contributed by atoms with Crippen molar-refractivity contribution in [1.82, 2.24) is 4.72 Å². The molecule has 0 spiro atoms. The third kappa shape index (κ3) is 3.20. The molecule has 1 amide bonds. The molecule has 1 saturated carbocycles. The van der Waals surface area contributed by atoms with Crippen LogP contribution < -0.4 is 10.0 Å². The van der Waals surface area contributed by atoms with Crippen LogP contribution in [0.2, 0.25) is 0 Å². The number of nitrogens with one attached hydrogen (secondary N) is 2. The Bertz CT molecular complexity index is 923. The first-order valence-corrected chi connectivity index (χ1v) is 8.87. The van der Waals surface area contributed by atoms with E-state index < -0.39 is 22.2 Å². The number of phenolic OH excluding ortho intramolecular Hbond substituents is 1. The zero-order chi connectivity index (χ0) is 17.5. The van der Waals surface area contributed by atoms with Gasteiger partial charge in [0.1, 0.15) is 12.4 Å². The van der Waals surface area contributed by atoms with Crippen molar-refractivity contribution in [3.05, 3.63) is 30.3 Å². The molecule has 0 aliphatic heterocycles. The second-order valence-electron chi connectivity index (χ2n) is 6.08. The van der Waals surface area contributed by atoms with Gasteiger partial charge in [-0.15, -0.1) is 0 Å². The fourth-order valence-corrected chi connectivity index (χ4v) is 4.01. The van der Waals surface area contributed by atoms with Crippen molar-refractivity contribution in [2.45, 2.75) is 30.2 Å². The van der Waals surface area contributed by atoms with Crippen molar-refractivity contribution in [2.24, 2.45) is 0 Å². The fraction of sp³-hybridized carbons (Fsp3) is 0.312. The number of carbonyl (C=O) groups excluding carboxylic acids is 1. The second-order valence-corrected chi connectivity index (χ2v) is 7.76. The lowest BCUT2D eigenvalue weighted by Gasteiger charge is -2.15. The Hall–Kier alpha value is -2.19. The summed E-state index contributed by atoms with van der Waals surface area (Å²) in [6.45, 7) is 0.594. The lowest BCUT2D eigenvalue weighted by atomic mass is 10.1. The minimum Gasteiger partial charge on any atom is -0.507 e. The Balaban J connectivity index is 2.03. The standard InChI is InChI=1S/C16H17FN2O4S/c1-10(20)18-12-2-3-14-11(6-12)7-13(8-15(14)21)24(22,23)19-16(9-17)4-5-16/h2-3,6-8,19,21H,4-5,9H2,1H3,(H,18,20). The number of aromatic hydroxyl groups is 1. The van der Waals surface area contributed by atoms with E-state index in [4.69, 9.17) is 0 Å². The van der Waals surface area contributed by atoms with E-state index in [9.17, 15) is 22.7 Å². The van der Waals surface area contributed by atoms with Gasteiger partial charge in [-0.05, 0) is 42.5 Å². The number of alkyl halides is 1. The monoisotopic (exact) mass is 352 g/mol. The summed E-state index contributed by atoms with van der Waals surface area (Å²) in [5, 5.41) is 13.6. The summed E-state index contributed by atoms with van der Waals surface area (Å²) in [5.74, 6) is -0.463. The van der Waals surface area contributed by atoms with Crippen LogP contribution in [0.25, 0.3) is 10.8 Å². The summed E-state index contributed by atoms with van der Waals surface area (Å²) in [5.41, 5.74) is -0.527. The van der Waals surface area contributed by atoms with E-state index in [1.165, 1.54) is 13.0 Å². The Labute approximate surface area is 138 Å². The minimum atomic E-state index is -3.95. The lowest BCUT2D eigenvalue weighted by Crippen LogP contribution is -2.38.